The van der Waals surface area contributed by atoms with Crippen LogP contribution in [0.25, 0.3) is 6.08 Å². The van der Waals surface area contributed by atoms with Gasteiger partial charge in [0.1, 0.15) is 11.0 Å². The molecule has 0 spiro atoms. The summed E-state index contributed by atoms with van der Waals surface area (Å²) in [6.45, 7) is 0. The second kappa shape index (κ2) is 5.79. The molecule has 0 saturated carbocycles. The standard InChI is InChI=1S/C14H12N2O4S2/c1-21(17,18)14(11-15)10-12-6-5-9-16(12)22(19,20)13-7-3-2-4-8-13/h2-10H,1H3/b14-10+. The average Bonchev–Trinajstić information content (AvgIpc) is 2.93. The van der Waals surface area contributed by atoms with Crippen molar-refractivity contribution in [2.75, 3.05) is 6.26 Å². The Hall–Kier alpha value is -2.37. The Balaban J connectivity index is 2.62. The molecule has 1 heterocycles. The SMILES string of the molecule is CS(=O)(=O)/C(C#N)=C/c1cccn1S(=O)(=O)c1ccccc1. The summed E-state index contributed by atoms with van der Waals surface area (Å²) in [5.41, 5.74) is 0.0887. The molecule has 0 N–H and O–H groups in total. The molecule has 0 aliphatic rings. The summed E-state index contributed by atoms with van der Waals surface area (Å²) in [7, 11) is -7.58. The van der Waals surface area contributed by atoms with Crippen LogP contribution in [0.1, 0.15) is 5.69 Å². The molecule has 0 aliphatic carbocycles. The van der Waals surface area contributed by atoms with Crippen molar-refractivity contribution in [3.8, 4) is 6.07 Å². The zero-order valence-electron chi connectivity index (χ0n) is 11.5. The smallest absolute Gasteiger partial charge is 0.242 e. The molecule has 6 nitrogen and oxygen atoms in total. The number of nitrogens with zero attached hydrogens (tertiary/aromatic N) is 2. The molecule has 1 aromatic carbocycles. The molecule has 0 saturated heterocycles. The molecule has 0 aliphatic heterocycles. The van der Waals surface area contributed by atoms with Crippen molar-refractivity contribution in [2.45, 2.75) is 4.90 Å². The molecule has 0 unspecified atom stereocenters. The maximum absolute atomic E-state index is 12.5. The monoisotopic (exact) mass is 336 g/mol. The third kappa shape index (κ3) is 3.10. The van der Waals surface area contributed by atoms with E-state index in [1.807, 2.05) is 0 Å². The summed E-state index contributed by atoms with van der Waals surface area (Å²) < 4.78 is 48.9. The molecule has 0 atom stereocenters. The van der Waals surface area contributed by atoms with E-state index in [9.17, 15) is 16.8 Å². The number of nitriles is 1. The lowest BCUT2D eigenvalue weighted by molar-refractivity contribution is 0.587. The van der Waals surface area contributed by atoms with E-state index in [0.717, 1.165) is 16.3 Å². The van der Waals surface area contributed by atoms with Crippen molar-refractivity contribution < 1.29 is 16.8 Å². The van der Waals surface area contributed by atoms with Crippen LogP contribution in [0.5, 0.6) is 0 Å². The molecule has 1 aromatic heterocycles. The Labute approximate surface area is 128 Å². The van der Waals surface area contributed by atoms with Crippen LogP contribution in [-0.4, -0.2) is 27.1 Å². The molecule has 22 heavy (non-hydrogen) atoms. The van der Waals surface area contributed by atoms with E-state index in [-0.39, 0.29) is 10.6 Å². The summed E-state index contributed by atoms with van der Waals surface area (Å²) >= 11 is 0. The third-order valence-corrected chi connectivity index (χ3v) is 5.56. The quantitative estimate of drug-likeness (QED) is 0.791. The van der Waals surface area contributed by atoms with Gasteiger partial charge in [-0.3, -0.25) is 0 Å². The van der Waals surface area contributed by atoms with Gasteiger partial charge in [0.05, 0.1) is 10.6 Å². The van der Waals surface area contributed by atoms with Crippen molar-refractivity contribution in [1.29, 1.82) is 5.26 Å². The molecule has 0 fully saturated rings. The van der Waals surface area contributed by atoms with Crippen LogP contribution in [0.3, 0.4) is 0 Å². The summed E-state index contributed by atoms with van der Waals surface area (Å²) in [6.07, 6.45) is 3.22. The molecule has 114 valence electrons. The van der Waals surface area contributed by atoms with Crippen molar-refractivity contribution in [1.82, 2.24) is 3.97 Å². The van der Waals surface area contributed by atoms with Crippen LogP contribution in [0.15, 0.2) is 58.5 Å². The van der Waals surface area contributed by atoms with Crippen molar-refractivity contribution in [3.05, 3.63) is 59.3 Å². The summed E-state index contributed by atoms with van der Waals surface area (Å²) in [5, 5.41) is 8.92. The highest BCUT2D eigenvalue weighted by Gasteiger charge is 2.19. The fraction of sp³-hybridized carbons (Fsp3) is 0.0714. The lowest BCUT2D eigenvalue weighted by Gasteiger charge is -2.08. The van der Waals surface area contributed by atoms with E-state index in [4.69, 9.17) is 5.26 Å². The summed E-state index contributed by atoms with van der Waals surface area (Å²) in [5.74, 6) is 0. The Kier molecular flexibility index (Phi) is 4.21. The van der Waals surface area contributed by atoms with E-state index in [2.05, 4.69) is 0 Å². The van der Waals surface area contributed by atoms with Gasteiger partial charge < -0.3 is 0 Å². The third-order valence-electron chi connectivity index (χ3n) is 2.83. The minimum Gasteiger partial charge on any atom is -0.242 e. The van der Waals surface area contributed by atoms with E-state index in [0.29, 0.717) is 0 Å². The highest BCUT2D eigenvalue weighted by molar-refractivity contribution is 7.95. The van der Waals surface area contributed by atoms with Gasteiger partial charge >= 0.3 is 0 Å². The predicted octanol–water partition coefficient (Wildman–Crippen LogP) is 1.63. The van der Waals surface area contributed by atoms with Gasteiger partial charge in [0.15, 0.2) is 9.84 Å². The van der Waals surface area contributed by atoms with Crippen molar-refractivity contribution >= 4 is 25.9 Å². The number of aromatic nitrogens is 1. The number of sulfone groups is 1. The normalized spacial score (nSPS) is 12.8. The van der Waals surface area contributed by atoms with Gasteiger partial charge in [-0.1, -0.05) is 18.2 Å². The highest BCUT2D eigenvalue weighted by atomic mass is 32.2. The van der Waals surface area contributed by atoms with E-state index in [1.54, 1.807) is 24.3 Å². The maximum Gasteiger partial charge on any atom is 0.268 e. The largest absolute Gasteiger partial charge is 0.268 e. The van der Waals surface area contributed by atoms with Crippen molar-refractivity contribution in [2.24, 2.45) is 0 Å². The lowest BCUT2D eigenvalue weighted by atomic mass is 10.4. The Morgan fingerprint density at radius 2 is 1.73 bits per heavy atom. The molecular weight excluding hydrogens is 324 g/mol. The summed E-state index contributed by atoms with van der Waals surface area (Å²) in [6, 6.07) is 12.2. The number of rotatable bonds is 4. The number of benzene rings is 1. The average molecular weight is 336 g/mol. The van der Waals surface area contributed by atoms with E-state index >= 15 is 0 Å². The van der Waals surface area contributed by atoms with Gasteiger partial charge in [0.25, 0.3) is 10.0 Å². The fourth-order valence-corrected chi connectivity index (χ4v) is 3.62. The van der Waals surface area contributed by atoms with Crippen LogP contribution in [-0.2, 0) is 19.9 Å². The van der Waals surface area contributed by atoms with Gasteiger partial charge in [-0.15, -0.1) is 0 Å². The van der Waals surface area contributed by atoms with Gasteiger partial charge in [-0.25, -0.2) is 20.8 Å². The van der Waals surface area contributed by atoms with Gasteiger partial charge in [0, 0.05) is 12.5 Å². The first kappa shape index (κ1) is 16.0. The van der Waals surface area contributed by atoms with Crippen molar-refractivity contribution in [3.63, 3.8) is 0 Å². The lowest BCUT2D eigenvalue weighted by Crippen LogP contribution is -2.13. The summed E-state index contributed by atoms with van der Waals surface area (Å²) in [4.78, 5) is -0.436. The first-order valence-electron chi connectivity index (χ1n) is 6.06. The van der Waals surface area contributed by atoms with Crippen LogP contribution in [0.2, 0.25) is 0 Å². The number of allylic oxidation sites excluding steroid dienone is 1. The minimum absolute atomic E-state index is 0.0683. The minimum atomic E-state index is -3.86. The second-order valence-electron chi connectivity index (χ2n) is 4.44. The van der Waals surface area contributed by atoms with Gasteiger partial charge in [-0.05, 0) is 30.3 Å². The first-order valence-corrected chi connectivity index (χ1v) is 9.40. The van der Waals surface area contributed by atoms with Gasteiger partial charge in [0.2, 0.25) is 0 Å². The van der Waals surface area contributed by atoms with Crippen LogP contribution in [0.4, 0.5) is 0 Å². The fourth-order valence-electron chi connectivity index (χ4n) is 1.77. The zero-order valence-corrected chi connectivity index (χ0v) is 13.2. The molecule has 8 heteroatoms. The van der Waals surface area contributed by atoms with Crippen LogP contribution < -0.4 is 0 Å². The first-order chi connectivity index (χ1) is 10.3. The number of hydrogen-bond donors (Lipinski definition) is 0. The Morgan fingerprint density at radius 1 is 1.09 bits per heavy atom. The second-order valence-corrected chi connectivity index (χ2v) is 8.24. The van der Waals surface area contributed by atoms with Crippen LogP contribution >= 0.6 is 0 Å². The van der Waals surface area contributed by atoms with Crippen LogP contribution in [0, 0.1) is 11.3 Å². The van der Waals surface area contributed by atoms with E-state index in [1.165, 1.54) is 30.5 Å². The molecule has 0 radical (unpaired) electrons. The molecule has 2 rings (SSSR count). The predicted molar refractivity (Wildman–Crippen MR) is 81.9 cm³/mol. The Bertz CT molecular complexity index is 963. The molecular formula is C14H12N2O4S2. The maximum atomic E-state index is 12.5. The zero-order chi connectivity index (χ0) is 16.4. The molecule has 0 bridgehead atoms. The van der Waals surface area contributed by atoms with Gasteiger partial charge in [-0.2, -0.15) is 5.26 Å². The molecule has 2 aromatic rings. The van der Waals surface area contributed by atoms with E-state index < -0.39 is 24.8 Å². The highest BCUT2D eigenvalue weighted by Crippen LogP contribution is 2.19. The Morgan fingerprint density at radius 3 is 2.27 bits per heavy atom. The molecule has 0 amide bonds. The topological polar surface area (TPSA) is 97.0 Å². The number of hydrogen-bond acceptors (Lipinski definition) is 5.